The molecule has 2 aromatic carbocycles. The van der Waals surface area contributed by atoms with Gasteiger partial charge in [0.2, 0.25) is 0 Å². The largest absolute Gasteiger partial charge is 0.417 e. The molecule has 0 atom stereocenters. The predicted octanol–water partition coefficient (Wildman–Crippen LogP) is 2.81. The lowest BCUT2D eigenvalue weighted by Crippen LogP contribution is -2.08. The van der Waals surface area contributed by atoms with Gasteiger partial charge in [-0.15, -0.1) is 0 Å². The highest BCUT2D eigenvalue weighted by molar-refractivity contribution is 7.75. The first kappa shape index (κ1) is 14.2. The standard InChI is InChI=1S/C14H16N2O3S/c1-15-11-3-7-13(8-4-11)18-20(17)19-14-9-5-12(16-2)6-10-14/h3-10,15-16H,1-2H3. The molecule has 0 spiro atoms. The van der Waals surface area contributed by atoms with Crippen LogP contribution in [-0.4, -0.2) is 18.3 Å². The fraction of sp³-hybridized carbons (Fsp3) is 0.143. The van der Waals surface area contributed by atoms with Crippen LogP contribution in [0, 0.1) is 0 Å². The molecule has 2 aromatic rings. The van der Waals surface area contributed by atoms with Crippen molar-refractivity contribution in [2.24, 2.45) is 0 Å². The second kappa shape index (κ2) is 6.81. The van der Waals surface area contributed by atoms with E-state index >= 15 is 0 Å². The van der Waals surface area contributed by atoms with Crippen molar-refractivity contribution >= 4 is 22.7 Å². The molecule has 0 aliphatic carbocycles. The van der Waals surface area contributed by atoms with Gasteiger partial charge in [0.15, 0.2) is 0 Å². The maximum Gasteiger partial charge on any atom is 0.417 e. The number of hydrogen-bond acceptors (Lipinski definition) is 5. The lowest BCUT2D eigenvalue weighted by atomic mass is 10.3. The number of benzene rings is 2. The Kier molecular flexibility index (Phi) is 4.84. The van der Waals surface area contributed by atoms with Gasteiger partial charge in [0.1, 0.15) is 11.5 Å². The van der Waals surface area contributed by atoms with E-state index in [1.54, 1.807) is 24.3 Å². The summed E-state index contributed by atoms with van der Waals surface area (Å²) in [6.07, 6.45) is 0. The molecule has 0 bridgehead atoms. The molecule has 0 saturated heterocycles. The van der Waals surface area contributed by atoms with Crippen LogP contribution < -0.4 is 19.0 Å². The summed E-state index contributed by atoms with van der Waals surface area (Å²) in [5, 5.41) is 5.98. The smallest absolute Gasteiger partial charge is 0.388 e. The Morgan fingerprint density at radius 1 is 0.750 bits per heavy atom. The van der Waals surface area contributed by atoms with E-state index in [0.717, 1.165) is 11.4 Å². The minimum atomic E-state index is -1.88. The van der Waals surface area contributed by atoms with Crippen molar-refractivity contribution in [2.45, 2.75) is 0 Å². The Labute approximate surface area is 120 Å². The topological polar surface area (TPSA) is 59.6 Å². The second-order valence-corrected chi connectivity index (χ2v) is 4.66. The zero-order valence-electron chi connectivity index (χ0n) is 11.3. The predicted molar refractivity (Wildman–Crippen MR) is 81.4 cm³/mol. The average molecular weight is 292 g/mol. The van der Waals surface area contributed by atoms with Gasteiger partial charge in [0.05, 0.1) is 0 Å². The third-order valence-corrected chi connectivity index (χ3v) is 3.27. The molecule has 0 aliphatic rings. The molecule has 0 aromatic heterocycles. The van der Waals surface area contributed by atoms with Crippen LogP contribution in [0.5, 0.6) is 11.5 Å². The number of rotatable bonds is 6. The van der Waals surface area contributed by atoms with Gasteiger partial charge >= 0.3 is 11.4 Å². The normalized spacial score (nSPS) is 10.2. The highest BCUT2D eigenvalue weighted by Gasteiger charge is 2.06. The number of anilines is 2. The van der Waals surface area contributed by atoms with Gasteiger partial charge in [-0.2, -0.15) is 4.21 Å². The SMILES string of the molecule is CNc1ccc(OS(=O)Oc2ccc(NC)cc2)cc1. The fourth-order valence-electron chi connectivity index (χ4n) is 1.53. The van der Waals surface area contributed by atoms with E-state index in [9.17, 15) is 4.21 Å². The molecule has 5 nitrogen and oxygen atoms in total. The fourth-order valence-corrected chi connectivity index (χ4v) is 2.10. The Morgan fingerprint density at radius 3 is 1.40 bits per heavy atom. The first-order chi connectivity index (χ1) is 9.71. The van der Waals surface area contributed by atoms with E-state index in [2.05, 4.69) is 10.6 Å². The first-order valence-corrected chi connectivity index (χ1v) is 7.05. The van der Waals surface area contributed by atoms with Gasteiger partial charge in [-0.3, -0.25) is 0 Å². The van der Waals surface area contributed by atoms with Crippen LogP contribution >= 0.6 is 0 Å². The van der Waals surface area contributed by atoms with Crippen molar-refractivity contribution in [3.8, 4) is 11.5 Å². The maximum absolute atomic E-state index is 11.7. The molecule has 0 saturated carbocycles. The Balaban J connectivity index is 1.93. The monoisotopic (exact) mass is 292 g/mol. The van der Waals surface area contributed by atoms with E-state index in [-0.39, 0.29) is 0 Å². The van der Waals surface area contributed by atoms with E-state index in [1.807, 2.05) is 38.4 Å². The number of hydrogen-bond donors (Lipinski definition) is 2. The van der Waals surface area contributed by atoms with Crippen molar-refractivity contribution in [1.29, 1.82) is 0 Å². The minimum absolute atomic E-state index is 0.481. The zero-order chi connectivity index (χ0) is 14.4. The van der Waals surface area contributed by atoms with Gasteiger partial charge in [-0.05, 0) is 48.5 Å². The maximum atomic E-state index is 11.7. The Morgan fingerprint density at radius 2 is 1.10 bits per heavy atom. The van der Waals surface area contributed by atoms with Crippen LogP contribution in [0.3, 0.4) is 0 Å². The highest BCUT2D eigenvalue weighted by atomic mass is 32.2. The summed E-state index contributed by atoms with van der Waals surface area (Å²) in [5.74, 6) is 0.961. The minimum Gasteiger partial charge on any atom is -0.388 e. The van der Waals surface area contributed by atoms with Gasteiger partial charge in [-0.25, -0.2) is 0 Å². The Hall–Kier alpha value is -2.21. The van der Waals surface area contributed by atoms with Crippen LogP contribution in [0.1, 0.15) is 0 Å². The molecule has 2 rings (SSSR count). The summed E-state index contributed by atoms with van der Waals surface area (Å²) < 4.78 is 22.1. The van der Waals surface area contributed by atoms with Crippen molar-refractivity contribution < 1.29 is 12.6 Å². The third kappa shape index (κ3) is 3.89. The van der Waals surface area contributed by atoms with Gasteiger partial charge in [0, 0.05) is 25.5 Å². The van der Waals surface area contributed by atoms with Crippen molar-refractivity contribution in [3.05, 3.63) is 48.5 Å². The second-order valence-electron chi connectivity index (χ2n) is 3.92. The summed E-state index contributed by atoms with van der Waals surface area (Å²) in [6.45, 7) is 0. The molecule has 0 heterocycles. The molecule has 6 heteroatoms. The third-order valence-electron chi connectivity index (χ3n) is 2.61. The molecule has 0 radical (unpaired) electrons. The summed E-state index contributed by atoms with van der Waals surface area (Å²) >= 11 is -1.88. The lowest BCUT2D eigenvalue weighted by Gasteiger charge is -2.07. The summed E-state index contributed by atoms with van der Waals surface area (Å²) in [5.41, 5.74) is 1.90. The van der Waals surface area contributed by atoms with Crippen molar-refractivity contribution in [1.82, 2.24) is 0 Å². The van der Waals surface area contributed by atoms with Crippen LogP contribution in [0.25, 0.3) is 0 Å². The molecule has 0 aliphatic heterocycles. The molecule has 0 unspecified atom stereocenters. The molecule has 0 fully saturated rings. The van der Waals surface area contributed by atoms with Crippen LogP contribution in [0.4, 0.5) is 11.4 Å². The molecular weight excluding hydrogens is 276 g/mol. The number of nitrogens with one attached hydrogen (secondary N) is 2. The lowest BCUT2D eigenvalue weighted by molar-refractivity contribution is 0.462. The van der Waals surface area contributed by atoms with Gasteiger partial charge in [-0.1, -0.05) is 0 Å². The molecule has 0 amide bonds. The van der Waals surface area contributed by atoms with Crippen molar-refractivity contribution in [2.75, 3.05) is 24.7 Å². The van der Waals surface area contributed by atoms with Crippen LogP contribution in [0.15, 0.2) is 48.5 Å². The van der Waals surface area contributed by atoms with E-state index in [4.69, 9.17) is 8.37 Å². The molecular formula is C14H16N2O3S. The van der Waals surface area contributed by atoms with Crippen LogP contribution in [-0.2, 0) is 11.4 Å². The highest BCUT2D eigenvalue weighted by Crippen LogP contribution is 2.19. The molecule has 20 heavy (non-hydrogen) atoms. The summed E-state index contributed by atoms with van der Waals surface area (Å²) in [7, 11) is 3.65. The van der Waals surface area contributed by atoms with E-state index < -0.39 is 11.4 Å². The average Bonchev–Trinajstić information content (AvgIpc) is 2.49. The molecule has 2 N–H and O–H groups in total. The van der Waals surface area contributed by atoms with Crippen molar-refractivity contribution in [3.63, 3.8) is 0 Å². The zero-order valence-corrected chi connectivity index (χ0v) is 12.1. The van der Waals surface area contributed by atoms with Gasteiger partial charge in [0.25, 0.3) is 0 Å². The van der Waals surface area contributed by atoms with E-state index in [0.29, 0.717) is 11.5 Å². The molecule has 106 valence electrons. The summed E-state index contributed by atoms with van der Waals surface area (Å²) in [6, 6.07) is 14.2. The van der Waals surface area contributed by atoms with Gasteiger partial charge < -0.3 is 19.0 Å². The summed E-state index contributed by atoms with van der Waals surface area (Å²) in [4.78, 5) is 0. The first-order valence-electron chi connectivity index (χ1n) is 6.05. The van der Waals surface area contributed by atoms with E-state index in [1.165, 1.54) is 0 Å². The Bertz CT molecular complexity index is 518. The quantitative estimate of drug-likeness (QED) is 0.857. The van der Waals surface area contributed by atoms with Crippen LogP contribution in [0.2, 0.25) is 0 Å².